The van der Waals surface area contributed by atoms with Gasteiger partial charge in [-0.2, -0.15) is 0 Å². The summed E-state index contributed by atoms with van der Waals surface area (Å²) in [6.07, 6.45) is 8.58. The van der Waals surface area contributed by atoms with E-state index < -0.39 is 9.92 Å². The van der Waals surface area contributed by atoms with E-state index in [1.807, 2.05) is 0 Å². The zero-order valence-corrected chi connectivity index (χ0v) is 14.5. The first kappa shape index (κ1) is 15.7. The summed E-state index contributed by atoms with van der Waals surface area (Å²) >= 11 is 0. The van der Waals surface area contributed by atoms with Crippen LogP contribution in [0.25, 0.3) is 0 Å². The molecule has 1 aromatic rings. The average molecular weight is 320 g/mol. The molecule has 0 N–H and O–H groups in total. The van der Waals surface area contributed by atoms with Crippen molar-refractivity contribution in [2.24, 2.45) is 4.36 Å². The summed E-state index contributed by atoms with van der Waals surface area (Å²) in [4.78, 5) is 12.4. The summed E-state index contributed by atoms with van der Waals surface area (Å²) in [6, 6.07) is 2.36. The lowest BCUT2D eigenvalue weighted by atomic mass is 9.92. The maximum absolute atomic E-state index is 12.4. The van der Waals surface area contributed by atoms with Crippen LogP contribution < -0.4 is 0 Å². The van der Waals surface area contributed by atoms with Crippen molar-refractivity contribution in [1.29, 1.82) is 0 Å². The standard InChI is InChI=1S/C17H24N2O2S/c1-19(2)22(3,21)18-17(20)11-16-14-8-4-6-12(14)10-13-7-5-9-15(13)16/h10H,4-9,11H2,1-3H3. The van der Waals surface area contributed by atoms with Crippen LogP contribution in [0.1, 0.15) is 40.7 Å². The van der Waals surface area contributed by atoms with Gasteiger partial charge in [0, 0.05) is 20.4 Å². The summed E-state index contributed by atoms with van der Waals surface area (Å²) in [7, 11) is 0.796. The van der Waals surface area contributed by atoms with Gasteiger partial charge in [-0.15, -0.1) is 4.36 Å². The summed E-state index contributed by atoms with van der Waals surface area (Å²) in [6.45, 7) is 0. The van der Waals surface area contributed by atoms with E-state index in [9.17, 15) is 9.00 Å². The molecule has 1 atom stereocenters. The van der Waals surface area contributed by atoms with Gasteiger partial charge in [0.15, 0.2) is 0 Å². The SMILES string of the molecule is CN(C)S(C)(=O)=NC(=O)Cc1c2c(cc3c1CCC3)CCC2. The Balaban J connectivity index is 1.97. The minimum Gasteiger partial charge on any atom is -0.272 e. The minimum atomic E-state index is -2.59. The molecule has 0 spiro atoms. The third-order valence-corrected chi connectivity index (χ3v) is 6.77. The fourth-order valence-corrected chi connectivity index (χ4v) is 4.21. The fraction of sp³-hybridized carbons (Fsp3) is 0.588. The zero-order valence-electron chi connectivity index (χ0n) is 13.6. The lowest BCUT2D eigenvalue weighted by Crippen LogP contribution is -2.22. The number of hydrogen-bond donors (Lipinski definition) is 0. The highest BCUT2D eigenvalue weighted by Gasteiger charge is 2.25. The number of hydrogen-bond acceptors (Lipinski definition) is 2. The number of amides is 1. The first-order chi connectivity index (χ1) is 10.4. The van der Waals surface area contributed by atoms with Gasteiger partial charge in [-0.3, -0.25) is 4.79 Å². The fourth-order valence-electron chi connectivity index (χ4n) is 3.60. The maximum Gasteiger partial charge on any atom is 0.259 e. The molecule has 0 aliphatic heterocycles. The van der Waals surface area contributed by atoms with Crippen LogP contribution >= 0.6 is 0 Å². The van der Waals surface area contributed by atoms with Crippen molar-refractivity contribution < 1.29 is 9.00 Å². The predicted molar refractivity (Wildman–Crippen MR) is 89.4 cm³/mol. The quantitative estimate of drug-likeness (QED) is 0.858. The van der Waals surface area contributed by atoms with Crippen LogP contribution in [0.5, 0.6) is 0 Å². The van der Waals surface area contributed by atoms with Crippen molar-refractivity contribution in [2.75, 3.05) is 20.4 Å². The van der Waals surface area contributed by atoms with E-state index in [4.69, 9.17) is 0 Å². The lowest BCUT2D eigenvalue weighted by Gasteiger charge is -2.15. The molecule has 22 heavy (non-hydrogen) atoms. The summed E-state index contributed by atoms with van der Waals surface area (Å²) in [5.74, 6) is -0.254. The van der Waals surface area contributed by atoms with E-state index >= 15 is 0 Å². The van der Waals surface area contributed by atoms with E-state index in [-0.39, 0.29) is 5.91 Å². The number of aryl methyl sites for hydroxylation is 2. The van der Waals surface area contributed by atoms with Gasteiger partial charge < -0.3 is 0 Å². The molecule has 0 heterocycles. The summed E-state index contributed by atoms with van der Waals surface area (Å²) < 4.78 is 17.8. The molecule has 2 aliphatic rings. The van der Waals surface area contributed by atoms with Gasteiger partial charge in [-0.1, -0.05) is 6.07 Å². The zero-order chi connectivity index (χ0) is 15.9. The maximum atomic E-state index is 12.4. The molecule has 3 rings (SSSR count). The van der Waals surface area contributed by atoms with Crippen LogP contribution in [0.4, 0.5) is 0 Å². The van der Waals surface area contributed by atoms with Crippen LogP contribution in [0, 0.1) is 0 Å². The highest BCUT2D eigenvalue weighted by atomic mass is 32.2. The van der Waals surface area contributed by atoms with Crippen molar-refractivity contribution in [3.8, 4) is 0 Å². The second kappa shape index (κ2) is 5.78. The Bertz CT molecular complexity index is 711. The van der Waals surface area contributed by atoms with Gasteiger partial charge in [0.2, 0.25) is 0 Å². The van der Waals surface area contributed by atoms with Gasteiger partial charge >= 0.3 is 0 Å². The van der Waals surface area contributed by atoms with Crippen molar-refractivity contribution in [2.45, 2.75) is 44.9 Å². The van der Waals surface area contributed by atoms with Crippen LogP contribution in [0.3, 0.4) is 0 Å². The monoisotopic (exact) mass is 320 g/mol. The van der Waals surface area contributed by atoms with Crippen molar-refractivity contribution in [3.63, 3.8) is 0 Å². The minimum absolute atomic E-state index is 0.254. The molecule has 0 aromatic heterocycles. The number of carbonyl (C=O) groups excluding carboxylic acids is 1. The molecule has 0 bridgehead atoms. The molecule has 5 heteroatoms. The van der Waals surface area contributed by atoms with Crippen molar-refractivity contribution >= 4 is 15.8 Å². The van der Waals surface area contributed by atoms with Gasteiger partial charge in [-0.05, 0) is 66.3 Å². The van der Waals surface area contributed by atoms with Crippen LogP contribution in [0.2, 0.25) is 0 Å². The van der Waals surface area contributed by atoms with Crippen LogP contribution in [0.15, 0.2) is 10.4 Å². The Morgan fingerprint density at radius 3 is 2.18 bits per heavy atom. The number of carbonyl (C=O) groups is 1. The second-order valence-corrected chi connectivity index (χ2v) is 9.01. The third kappa shape index (κ3) is 2.84. The van der Waals surface area contributed by atoms with Gasteiger partial charge in [0.1, 0.15) is 9.92 Å². The number of fused-ring (bicyclic) bond motifs is 2. The largest absolute Gasteiger partial charge is 0.272 e. The molecule has 0 saturated carbocycles. The van der Waals surface area contributed by atoms with Crippen LogP contribution in [-0.4, -0.2) is 34.8 Å². The molecular formula is C17H24N2O2S. The summed E-state index contributed by atoms with van der Waals surface area (Å²) in [5, 5.41) is 0. The van der Waals surface area contributed by atoms with Crippen molar-refractivity contribution in [1.82, 2.24) is 4.31 Å². The molecule has 4 nitrogen and oxygen atoms in total. The molecule has 120 valence electrons. The smallest absolute Gasteiger partial charge is 0.259 e. The Morgan fingerprint density at radius 1 is 1.14 bits per heavy atom. The molecule has 1 amide bonds. The lowest BCUT2D eigenvalue weighted by molar-refractivity contribution is -0.117. The summed E-state index contributed by atoms with van der Waals surface area (Å²) in [5.41, 5.74) is 6.79. The van der Waals surface area contributed by atoms with Gasteiger partial charge in [-0.25, -0.2) is 8.51 Å². The first-order valence-corrected chi connectivity index (χ1v) is 9.84. The molecule has 0 saturated heterocycles. The van der Waals surface area contributed by atoms with E-state index in [0.29, 0.717) is 6.42 Å². The third-order valence-electron chi connectivity index (χ3n) is 4.87. The molecule has 2 aliphatic carbocycles. The topological polar surface area (TPSA) is 49.7 Å². The normalized spacial score (nSPS) is 18.9. The van der Waals surface area contributed by atoms with E-state index in [0.717, 1.165) is 25.7 Å². The molecule has 1 unspecified atom stereocenters. The number of nitrogens with zero attached hydrogens (tertiary/aromatic N) is 2. The Labute approximate surface area is 133 Å². The average Bonchev–Trinajstić information content (AvgIpc) is 3.05. The van der Waals surface area contributed by atoms with Gasteiger partial charge in [0.25, 0.3) is 5.91 Å². The van der Waals surface area contributed by atoms with E-state index in [1.165, 1.54) is 51.2 Å². The second-order valence-electron chi connectivity index (χ2n) is 6.57. The predicted octanol–water partition coefficient (Wildman–Crippen LogP) is 2.31. The Morgan fingerprint density at radius 2 is 1.68 bits per heavy atom. The molecular weight excluding hydrogens is 296 g/mol. The molecule has 1 aromatic carbocycles. The Kier molecular flexibility index (Phi) is 4.12. The molecule has 0 radical (unpaired) electrons. The Hall–Kier alpha value is -1.20. The van der Waals surface area contributed by atoms with E-state index in [2.05, 4.69) is 10.4 Å². The number of benzene rings is 1. The van der Waals surface area contributed by atoms with Gasteiger partial charge in [0.05, 0.1) is 6.42 Å². The molecule has 0 fully saturated rings. The van der Waals surface area contributed by atoms with E-state index in [1.54, 1.807) is 14.1 Å². The van der Waals surface area contributed by atoms with Crippen molar-refractivity contribution in [3.05, 3.63) is 33.9 Å². The van der Waals surface area contributed by atoms with Crippen LogP contribution in [-0.2, 0) is 46.8 Å². The highest BCUT2D eigenvalue weighted by molar-refractivity contribution is 7.90. The number of rotatable bonds is 3. The first-order valence-electron chi connectivity index (χ1n) is 7.96. The highest BCUT2D eigenvalue weighted by Crippen LogP contribution is 2.35.